The summed E-state index contributed by atoms with van der Waals surface area (Å²) in [5.74, 6) is 0.655. The summed E-state index contributed by atoms with van der Waals surface area (Å²) in [6, 6.07) is 10.5. The number of anilines is 1. The molecule has 7 heteroatoms. The third kappa shape index (κ3) is 3.89. The summed E-state index contributed by atoms with van der Waals surface area (Å²) in [6.45, 7) is 2.38. The van der Waals surface area contributed by atoms with Gasteiger partial charge in [0.2, 0.25) is 0 Å². The van der Waals surface area contributed by atoms with Crippen LogP contribution < -0.4 is 9.46 Å². The summed E-state index contributed by atoms with van der Waals surface area (Å²) >= 11 is 3.14. The van der Waals surface area contributed by atoms with Gasteiger partial charge in [0, 0.05) is 0 Å². The van der Waals surface area contributed by atoms with Crippen LogP contribution in [0.5, 0.6) is 11.5 Å². The van der Waals surface area contributed by atoms with Crippen LogP contribution in [0.4, 0.5) is 5.69 Å². The number of phenols is 1. The van der Waals surface area contributed by atoms with Gasteiger partial charge in [-0.05, 0) is 65.3 Å². The summed E-state index contributed by atoms with van der Waals surface area (Å²) in [7, 11) is -3.68. The van der Waals surface area contributed by atoms with E-state index in [4.69, 9.17) is 4.74 Å². The van der Waals surface area contributed by atoms with Gasteiger partial charge < -0.3 is 9.84 Å². The van der Waals surface area contributed by atoms with E-state index in [9.17, 15) is 13.5 Å². The molecule has 0 saturated heterocycles. The highest BCUT2D eigenvalue weighted by atomic mass is 79.9. The zero-order chi connectivity index (χ0) is 15.5. The Bertz CT molecular complexity index is 729. The van der Waals surface area contributed by atoms with Crippen molar-refractivity contribution in [2.45, 2.75) is 11.8 Å². The highest BCUT2D eigenvalue weighted by Crippen LogP contribution is 2.28. The second kappa shape index (κ2) is 6.36. The highest BCUT2D eigenvalue weighted by molar-refractivity contribution is 9.10. The standard InChI is InChI=1S/C14H14BrNO4S/c1-2-20-11-4-6-12(7-5-11)21(18,19)16-10-3-8-14(17)13(15)9-10/h3-9,16-17H,2H2,1H3. The molecule has 0 aromatic heterocycles. The van der Waals surface area contributed by atoms with Crippen molar-refractivity contribution in [3.05, 3.63) is 46.9 Å². The van der Waals surface area contributed by atoms with Gasteiger partial charge in [0.1, 0.15) is 11.5 Å². The molecule has 0 aliphatic heterocycles. The van der Waals surface area contributed by atoms with Gasteiger partial charge in [0.25, 0.3) is 10.0 Å². The predicted molar refractivity (Wildman–Crippen MR) is 84.2 cm³/mol. The fourth-order valence-corrected chi connectivity index (χ4v) is 3.09. The number of aromatic hydroxyl groups is 1. The SMILES string of the molecule is CCOc1ccc(S(=O)(=O)Nc2ccc(O)c(Br)c2)cc1. The van der Waals surface area contributed by atoms with E-state index in [1.165, 1.54) is 30.3 Å². The summed E-state index contributed by atoms with van der Waals surface area (Å²) in [4.78, 5) is 0.134. The van der Waals surface area contributed by atoms with Gasteiger partial charge in [0.15, 0.2) is 0 Å². The molecule has 2 rings (SSSR count). The maximum Gasteiger partial charge on any atom is 0.261 e. The summed E-state index contributed by atoms with van der Waals surface area (Å²) in [5.41, 5.74) is 0.355. The molecular formula is C14H14BrNO4S. The first-order chi connectivity index (χ1) is 9.92. The van der Waals surface area contributed by atoms with Crippen molar-refractivity contribution < 1.29 is 18.3 Å². The molecule has 0 unspecified atom stereocenters. The van der Waals surface area contributed by atoms with Crippen molar-refractivity contribution in [2.24, 2.45) is 0 Å². The van der Waals surface area contributed by atoms with Crippen LogP contribution in [0.2, 0.25) is 0 Å². The van der Waals surface area contributed by atoms with Crippen LogP contribution in [-0.4, -0.2) is 20.1 Å². The average Bonchev–Trinajstić information content (AvgIpc) is 2.44. The normalized spacial score (nSPS) is 11.1. The molecule has 2 aromatic rings. The van der Waals surface area contributed by atoms with Crippen LogP contribution in [0.3, 0.4) is 0 Å². The third-order valence-electron chi connectivity index (χ3n) is 2.64. The largest absolute Gasteiger partial charge is 0.507 e. The Morgan fingerprint density at radius 3 is 2.43 bits per heavy atom. The van der Waals surface area contributed by atoms with Gasteiger partial charge in [0.05, 0.1) is 21.7 Å². The summed E-state index contributed by atoms with van der Waals surface area (Å²) in [5, 5.41) is 9.40. The fraction of sp³-hybridized carbons (Fsp3) is 0.143. The first-order valence-corrected chi connectivity index (χ1v) is 8.44. The lowest BCUT2D eigenvalue weighted by Crippen LogP contribution is -2.12. The second-order valence-corrected chi connectivity index (χ2v) is 6.71. The van der Waals surface area contributed by atoms with E-state index in [-0.39, 0.29) is 10.6 Å². The van der Waals surface area contributed by atoms with Crippen molar-refractivity contribution >= 4 is 31.6 Å². The Labute approximate surface area is 131 Å². The number of hydrogen-bond acceptors (Lipinski definition) is 4. The Balaban J connectivity index is 2.23. The van der Waals surface area contributed by atoms with Crippen LogP contribution in [-0.2, 0) is 10.0 Å². The third-order valence-corrected chi connectivity index (χ3v) is 4.68. The maximum atomic E-state index is 12.2. The van der Waals surface area contributed by atoms with Crippen LogP contribution in [0.15, 0.2) is 51.8 Å². The van der Waals surface area contributed by atoms with Gasteiger partial charge in [-0.1, -0.05) is 0 Å². The minimum absolute atomic E-state index is 0.0408. The molecule has 2 N–H and O–H groups in total. The maximum absolute atomic E-state index is 12.2. The smallest absolute Gasteiger partial charge is 0.261 e. The van der Waals surface area contributed by atoms with Crippen LogP contribution in [0.25, 0.3) is 0 Å². The van der Waals surface area contributed by atoms with Crippen molar-refractivity contribution in [1.29, 1.82) is 0 Å². The minimum Gasteiger partial charge on any atom is -0.507 e. The molecule has 0 aliphatic carbocycles. The number of sulfonamides is 1. The summed E-state index contributed by atoms with van der Waals surface area (Å²) in [6.07, 6.45) is 0. The average molecular weight is 372 g/mol. The van der Waals surface area contributed by atoms with Crippen molar-refractivity contribution in [3.8, 4) is 11.5 Å². The molecule has 0 heterocycles. The minimum atomic E-state index is -3.68. The van der Waals surface area contributed by atoms with E-state index in [0.717, 1.165) is 0 Å². The Morgan fingerprint density at radius 2 is 1.86 bits per heavy atom. The van der Waals surface area contributed by atoms with Gasteiger partial charge in [-0.2, -0.15) is 0 Å². The Morgan fingerprint density at radius 1 is 1.19 bits per heavy atom. The van der Waals surface area contributed by atoms with Gasteiger partial charge in [-0.15, -0.1) is 0 Å². The second-order valence-electron chi connectivity index (χ2n) is 4.18. The van der Waals surface area contributed by atoms with Gasteiger partial charge in [-0.3, -0.25) is 4.72 Å². The number of nitrogens with one attached hydrogen (secondary N) is 1. The fourth-order valence-electron chi connectivity index (χ4n) is 1.67. The topological polar surface area (TPSA) is 75.6 Å². The van der Waals surface area contributed by atoms with E-state index in [0.29, 0.717) is 22.5 Å². The first kappa shape index (κ1) is 15.7. The monoisotopic (exact) mass is 371 g/mol. The molecule has 0 aliphatic rings. The summed E-state index contributed by atoms with van der Waals surface area (Å²) < 4.78 is 32.6. The number of benzene rings is 2. The number of rotatable bonds is 5. The lowest BCUT2D eigenvalue weighted by Gasteiger charge is -2.10. The lowest BCUT2D eigenvalue weighted by molar-refractivity contribution is 0.340. The molecular weight excluding hydrogens is 358 g/mol. The van der Waals surface area contributed by atoms with Gasteiger partial charge >= 0.3 is 0 Å². The van der Waals surface area contributed by atoms with E-state index in [1.54, 1.807) is 12.1 Å². The molecule has 112 valence electrons. The van der Waals surface area contributed by atoms with Crippen molar-refractivity contribution in [3.63, 3.8) is 0 Å². The molecule has 0 fully saturated rings. The highest BCUT2D eigenvalue weighted by Gasteiger charge is 2.14. The lowest BCUT2D eigenvalue weighted by atomic mass is 10.3. The number of phenolic OH excluding ortho intramolecular Hbond substituents is 1. The van der Waals surface area contributed by atoms with Crippen LogP contribution in [0.1, 0.15) is 6.92 Å². The molecule has 0 bridgehead atoms. The van der Waals surface area contributed by atoms with E-state index in [1.807, 2.05) is 6.92 Å². The molecule has 0 amide bonds. The molecule has 0 atom stereocenters. The number of halogens is 1. The quantitative estimate of drug-likeness (QED) is 0.790. The van der Waals surface area contributed by atoms with E-state index < -0.39 is 10.0 Å². The number of hydrogen-bond donors (Lipinski definition) is 2. The Hall–Kier alpha value is -1.73. The predicted octanol–water partition coefficient (Wildman–Crippen LogP) is 3.35. The van der Waals surface area contributed by atoms with Crippen molar-refractivity contribution in [1.82, 2.24) is 0 Å². The van der Waals surface area contributed by atoms with Crippen LogP contribution in [0, 0.1) is 0 Å². The molecule has 21 heavy (non-hydrogen) atoms. The first-order valence-electron chi connectivity index (χ1n) is 6.16. The molecule has 0 saturated carbocycles. The molecule has 5 nitrogen and oxygen atoms in total. The Kier molecular flexibility index (Phi) is 4.74. The van der Waals surface area contributed by atoms with Crippen LogP contribution >= 0.6 is 15.9 Å². The zero-order valence-electron chi connectivity index (χ0n) is 11.2. The molecule has 0 spiro atoms. The van der Waals surface area contributed by atoms with Crippen molar-refractivity contribution in [2.75, 3.05) is 11.3 Å². The molecule has 2 aromatic carbocycles. The van der Waals surface area contributed by atoms with Gasteiger partial charge in [-0.25, -0.2) is 8.42 Å². The number of ether oxygens (including phenoxy) is 1. The zero-order valence-corrected chi connectivity index (χ0v) is 13.6. The molecule has 0 radical (unpaired) electrons. The van der Waals surface area contributed by atoms with E-state index >= 15 is 0 Å². The van der Waals surface area contributed by atoms with E-state index in [2.05, 4.69) is 20.7 Å².